The Morgan fingerprint density at radius 3 is 0.905 bits per heavy atom. The molecule has 0 aromatic heterocycles. The Morgan fingerprint density at radius 2 is 0.595 bits per heavy atom. The molecule has 0 heterocycles. The Hall–Kier alpha value is -3.42. The molecule has 0 saturated carbocycles. The maximum atomic E-state index is 15.7. The molecule has 0 bridgehead atoms. The topological polar surface area (TPSA) is 89.5 Å². The number of benzene rings is 2. The van der Waals surface area contributed by atoms with Crippen LogP contribution in [0.25, 0.3) is 0 Å². The highest BCUT2D eigenvalue weighted by Gasteiger charge is 2.41. The van der Waals surface area contributed by atoms with Crippen molar-refractivity contribution in [2.45, 2.75) is 275 Å². The highest BCUT2D eigenvalue weighted by Crippen LogP contribution is 2.51. The molecular weight excluding hydrogens is 921 g/mol. The number of carbonyl (C=O) groups excluding carboxylic acids is 2. The van der Waals surface area contributed by atoms with Gasteiger partial charge in [-0.3, -0.25) is 9.59 Å². The summed E-state index contributed by atoms with van der Waals surface area (Å²) < 4.78 is 40.6. The molecule has 0 fully saturated rings. The van der Waals surface area contributed by atoms with Crippen LogP contribution >= 0.6 is 0 Å². The van der Waals surface area contributed by atoms with Crippen LogP contribution in [-0.4, -0.2) is 51.2 Å². The van der Waals surface area contributed by atoms with Gasteiger partial charge in [0.1, 0.15) is 0 Å². The lowest BCUT2D eigenvalue weighted by molar-refractivity contribution is 0.0967. The van der Waals surface area contributed by atoms with Crippen LogP contribution in [0.1, 0.15) is 307 Å². The third-order valence-electron chi connectivity index (χ3n) is 15.0. The molecular formula is C66H112O8. The van der Waals surface area contributed by atoms with E-state index >= 15 is 9.59 Å². The number of hydrogen-bond acceptors (Lipinski definition) is 8. The third kappa shape index (κ3) is 24.7. The Kier molecular flexibility index (Phi) is 35.0. The van der Waals surface area contributed by atoms with E-state index < -0.39 is 0 Å². The Labute approximate surface area is 454 Å². The van der Waals surface area contributed by atoms with Crippen LogP contribution in [0.15, 0.2) is 12.1 Å². The summed E-state index contributed by atoms with van der Waals surface area (Å²) >= 11 is 0. The summed E-state index contributed by atoms with van der Waals surface area (Å²) in [5.41, 5.74) is 1.02. The average Bonchev–Trinajstić information content (AvgIpc) is 3.37. The fourth-order valence-corrected chi connectivity index (χ4v) is 10.1. The number of rotatable bonds is 48. The van der Waals surface area contributed by atoms with Gasteiger partial charge in [0.25, 0.3) is 0 Å². The van der Waals surface area contributed by atoms with E-state index in [2.05, 4.69) is 69.2 Å². The SMILES string of the molecule is CCCCCCCCOc1cc2c(c(OCCC(C)CCCC(C)C)c1OCCCCCCCC)C(=O)c1cc(OCCCCCCCC)c(OCCCCCCCC)c(OCCC(C)CCCC(C)C)c1C2=O. The lowest BCUT2D eigenvalue weighted by Crippen LogP contribution is -2.25. The van der Waals surface area contributed by atoms with E-state index in [0.29, 0.717) is 97.8 Å². The predicted octanol–water partition coefficient (Wildman–Crippen LogP) is 19.9. The summed E-state index contributed by atoms with van der Waals surface area (Å²) in [7, 11) is 0. The highest BCUT2D eigenvalue weighted by molar-refractivity contribution is 6.31. The lowest BCUT2D eigenvalue weighted by atomic mass is 9.82. The summed E-state index contributed by atoms with van der Waals surface area (Å²) in [4.78, 5) is 31.3. The van der Waals surface area contributed by atoms with Crippen molar-refractivity contribution >= 4 is 11.6 Å². The van der Waals surface area contributed by atoms with Gasteiger partial charge in [-0.2, -0.15) is 0 Å². The van der Waals surface area contributed by atoms with Gasteiger partial charge in [-0.25, -0.2) is 0 Å². The summed E-state index contributed by atoms with van der Waals surface area (Å²) in [5.74, 6) is 4.04. The van der Waals surface area contributed by atoms with E-state index in [9.17, 15) is 0 Å². The van der Waals surface area contributed by atoms with E-state index in [-0.39, 0.29) is 33.8 Å². The molecule has 0 N–H and O–H groups in total. The minimum absolute atomic E-state index is 0.243. The third-order valence-corrected chi connectivity index (χ3v) is 15.0. The van der Waals surface area contributed by atoms with Gasteiger partial charge in [0.15, 0.2) is 34.6 Å². The van der Waals surface area contributed by atoms with E-state index in [4.69, 9.17) is 28.4 Å². The number of hydrogen-bond donors (Lipinski definition) is 0. The second kappa shape index (κ2) is 39.9. The molecule has 2 aromatic carbocycles. The first-order valence-corrected chi connectivity index (χ1v) is 31.3. The molecule has 2 aromatic rings. The van der Waals surface area contributed by atoms with E-state index in [0.717, 1.165) is 103 Å². The monoisotopic (exact) mass is 1030 g/mol. The van der Waals surface area contributed by atoms with Crippen LogP contribution in [-0.2, 0) is 0 Å². The fourth-order valence-electron chi connectivity index (χ4n) is 10.1. The minimum Gasteiger partial charge on any atom is -0.490 e. The number of carbonyl (C=O) groups is 2. The van der Waals surface area contributed by atoms with E-state index in [1.165, 1.54) is 103 Å². The summed E-state index contributed by atoms with van der Waals surface area (Å²) in [5, 5.41) is 0. The zero-order chi connectivity index (χ0) is 53.8. The molecule has 0 saturated heterocycles. The fraction of sp³-hybridized carbons (Fsp3) is 0.788. The van der Waals surface area contributed by atoms with Crippen molar-refractivity contribution in [2.75, 3.05) is 39.6 Å². The van der Waals surface area contributed by atoms with E-state index in [1.807, 2.05) is 0 Å². The molecule has 424 valence electrons. The molecule has 0 aliphatic heterocycles. The first kappa shape index (κ1) is 64.9. The molecule has 8 heteroatoms. The predicted molar refractivity (Wildman–Crippen MR) is 311 cm³/mol. The van der Waals surface area contributed by atoms with Gasteiger partial charge in [0.05, 0.1) is 50.8 Å². The van der Waals surface area contributed by atoms with Crippen molar-refractivity contribution in [3.63, 3.8) is 0 Å². The van der Waals surface area contributed by atoms with Gasteiger partial charge in [-0.15, -0.1) is 0 Å². The average molecular weight is 1030 g/mol. The molecule has 2 atom stereocenters. The molecule has 1 aliphatic carbocycles. The van der Waals surface area contributed by atoms with Crippen LogP contribution in [0.4, 0.5) is 0 Å². The van der Waals surface area contributed by atoms with Crippen LogP contribution in [0.3, 0.4) is 0 Å². The van der Waals surface area contributed by atoms with Gasteiger partial charge in [0.2, 0.25) is 11.5 Å². The van der Waals surface area contributed by atoms with Crippen LogP contribution in [0, 0.1) is 23.7 Å². The number of ketones is 2. The normalized spacial score (nSPS) is 13.1. The smallest absolute Gasteiger partial charge is 0.204 e. The molecule has 3 rings (SSSR count). The summed E-state index contributed by atoms with van der Waals surface area (Å²) in [6, 6.07) is 3.54. The molecule has 8 nitrogen and oxygen atoms in total. The molecule has 1 aliphatic rings. The highest BCUT2D eigenvalue weighted by atomic mass is 16.5. The van der Waals surface area contributed by atoms with Crippen LogP contribution < -0.4 is 28.4 Å². The molecule has 0 radical (unpaired) electrons. The van der Waals surface area contributed by atoms with Crippen LogP contribution in [0.2, 0.25) is 0 Å². The van der Waals surface area contributed by atoms with Gasteiger partial charge in [0, 0.05) is 11.1 Å². The first-order chi connectivity index (χ1) is 36.0. The zero-order valence-electron chi connectivity index (χ0n) is 49.6. The maximum absolute atomic E-state index is 15.7. The van der Waals surface area contributed by atoms with Gasteiger partial charge >= 0.3 is 0 Å². The van der Waals surface area contributed by atoms with Crippen molar-refractivity contribution in [2.24, 2.45) is 23.7 Å². The van der Waals surface area contributed by atoms with Crippen molar-refractivity contribution in [3.05, 3.63) is 34.4 Å². The maximum Gasteiger partial charge on any atom is 0.204 e. The second-order valence-corrected chi connectivity index (χ2v) is 23.2. The molecule has 74 heavy (non-hydrogen) atoms. The van der Waals surface area contributed by atoms with Crippen molar-refractivity contribution in [3.8, 4) is 34.5 Å². The second-order valence-electron chi connectivity index (χ2n) is 23.2. The van der Waals surface area contributed by atoms with Crippen molar-refractivity contribution in [1.29, 1.82) is 0 Å². The molecule has 0 amide bonds. The van der Waals surface area contributed by atoms with Crippen molar-refractivity contribution in [1.82, 2.24) is 0 Å². The lowest BCUT2D eigenvalue weighted by Gasteiger charge is -2.28. The molecule has 0 spiro atoms. The quantitative estimate of drug-likeness (QED) is 0.0517. The van der Waals surface area contributed by atoms with Crippen LogP contribution in [0.5, 0.6) is 34.5 Å². The Morgan fingerprint density at radius 1 is 0.311 bits per heavy atom. The standard InChI is InChI=1S/C66H112O8/c1-11-15-19-23-27-31-43-69-57-49-55-59(65(63(57)71-45-33-29-25-21-17-13-3)73-47-41-53(9)39-35-37-51(5)6)62(68)56-50-58(70-44-32-28-24-20-16-12-2)64(72-46-34-30-26-22-18-14-4)66(60(56)61(55)67)74-48-42-54(10)40-36-38-52(7)8/h49-54H,11-48H2,1-10H3. The van der Waals surface area contributed by atoms with Crippen molar-refractivity contribution < 1.29 is 38.0 Å². The Balaban J connectivity index is 2.22. The largest absolute Gasteiger partial charge is 0.490 e. The van der Waals surface area contributed by atoms with Gasteiger partial charge < -0.3 is 28.4 Å². The van der Waals surface area contributed by atoms with Gasteiger partial charge in [-0.1, -0.05) is 236 Å². The number of unbranched alkanes of at least 4 members (excludes halogenated alkanes) is 20. The molecule has 2 unspecified atom stereocenters. The van der Waals surface area contributed by atoms with E-state index in [1.54, 1.807) is 12.1 Å². The Bertz CT molecular complexity index is 1670. The first-order valence-electron chi connectivity index (χ1n) is 31.3. The summed E-state index contributed by atoms with van der Waals surface area (Å²) in [6.07, 6.45) is 35.5. The zero-order valence-corrected chi connectivity index (χ0v) is 49.6. The minimum atomic E-state index is -0.291. The number of fused-ring (bicyclic) bond motifs is 2. The summed E-state index contributed by atoms with van der Waals surface area (Å²) in [6.45, 7) is 25.3. The number of ether oxygens (including phenoxy) is 6. The van der Waals surface area contributed by atoms with Gasteiger partial charge in [-0.05, 0) is 74.3 Å².